The fourth-order valence-electron chi connectivity index (χ4n) is 1.08. The number of nitrogens with one attached hydrogen (secondary N) is 1. The van der Waals surface area contributed by atoms with E-state index < -0.39 is 0 Å². The Morgan fingerprint density at radius 1 is 1.47 bits per heavy atom. The number of nitrogens with zero attached hydrogens (tertiary/aromatic N) is 1. The van der Waals surface area contributed by atoms with Crippen LogP contribution in [-0.4, -0.2) is 24.4 Å². The number of aromatic nitrogens is 1. The molecule has 0 bridgehead atoms. The highest BCUT2D eigenvalue weighted by Crippen LogP contribution is 1.99. The van der Waals surface area contributed by atoms with E-state index in [1.807, 2.05) is 19.2 Å². The van der Waals surface area contributed by atoms with E-state index in [9.17, 15) is 4.79 Å². The average molecular weight is 251 g/mol. The number of carbonyl (C=O) groups is 1. The van der Waals surface area contributed by atoms with Gasteiger partial charge in [0.25, 0.3) is 0 Å². The Hall–Kier alpha value is -0.640. The minimum absolute atomic E-state index is 0. The standard InChI is InChI=1S/C10H14N2O.2ClH/c1-11-6-4-10(13)7-9-3-2-5-12-8-9;;/h2-3,5,8,11H,4,6-7H2,1H3;2*1H. The van der Waals surface area contributed by atoms with Crippen LogP contribution >= 0.6 is 24.8 Å². The number of carbonyl (C=O) groups excluding carboxylic acids is 1. The van der Waals surface area contributed by atoms with Crippen molar-refractivity contribution in [3.05, 3.63) is 30.1 Å². The summed E-state index contributed by atoms with van der Waals surface area (Å²) in [7, 11) is 1.84. The molecule has 0 aliphatic carbocycles. The molecule has 1 N–H and O–H groups in total. The zero-order chi connectivity index (χ0) is 9.52. The van der Waals surface area contributed by atoms with E-state index in [1.54, 1.807) is 12.4 Å². The maximum atomic E-state index is 11.3. The van der Waals surface area contributed by atoms with Crippen LogP contribution in [-0.2, 0) is 11.2 Å². The van der Waals surface area contributed by atoms with Crippen molar-refractivity contribution in [2.24, 2.45) is 0 Å². The Morgan fingerprint density at radius 2 is 2.20 bits per heavy atom. The maximum Gasteiger partial charge on any atom is 0.138 e. The molecule has 0 saturated heterocycles. The maximum absolute atomic E-state index is 11.3. The topological polar surface area (TPSA) is 42.0 Å². The van der Waals surface area contributed by atoms with E-state index in [-0.39, 0.29) is 30.6 Å². The Labute approximate surface area is 102 Å². The zero-order valence-corrected chi connectivity index (χ0v) is 10.2. The molecular formula is C10H16Cl2N2O. The van der Waals surface area contributed by atoms with Gasteiger partial charge in [0.15, 0.2) is 0 Å². The highest BCUT2D eigenvalue weighted by Gasteiger charge is 2.01. The smallest absolute Gasteiger partial charge is 0.138 e. The van der Waals surface area contributed by atoms with Gasteiger partial charge in [0.2, 0.25) is 0 Å². The van der Waals surface area contributed by atoms with Crippen LogP contribution in [0.4, 0.5) is 0 Å². The first-order valence-corrected chi connectivity index (χ1v) is 4.38. The predicted molar refractivity (Wildman–Crippen MR) is 66.0 cm³/mol. The molecule has 0 aromatic carbocycles. The summed E-state index contributed by atoms with van der Waals surface area (Å²) in [6, 6.07) is 3.77. The van der Waals surface area contributed by atoms with Crippen molar-refractivity contribution in [2.75, 3.05) is 13.6 Å². The van der Waals surface area contributed by atoms with Gasteiger partial charge in [0.05, 0.1) is 0 Å². The molecule has 15 heavy (non-hydrogen) atoms. The third kappa shape index (κ3) is 7.31. The molecule has 1 heterocycles. The molecule has 0 aliphatic heterocycles. The number of hydrogen-bond donors (Lipinski definition) is 1. The van der Waals surface area contributed by atoms with Crippen molar-refractivity contribution < 1.29 is 4.79 Å². The Morgan fingerprint density at radius 3 is 2.73 bits per heavy atom. The summed E-state index contributed by atoms with van der Waals surface area (Å²) in [4.78, 5) is 15.3. The molecule has 0 atom stereocenters. The molecule has 1 aromatic heterocycles. The number of pyridine rings is 1. The molecule has 1 aromatic rings. The fourth-order valence-corrected chi connectivity index (χ4v) is 1.08. The van der Waals surface area contributed by atoms with Crippen LogP contribution in [0.5, 0.6) is 0 Å². The first-order chi connectivity index (χ1) is 6.33. The highest BCUT2D eigenvalue weighted by molar-refractivity contribution is 5.85. The third-order valence-corrected chi connectivity index (χ3v) is 1.78. The quantitative estimate of drug-likeness (QED) is 0.865. The Kier molecular flexibility index (Phi) is 11.1. The average Bonchev–Trinajstić information content (AvgIpc) is 2.16. The summed E-state index contributed by atoms with van der Waals surface area (Å²) >= 11 is 0. The van der Waals surface area contributed by atoms with Gasteiger partial charge in [-0.25, -0.2) is 0 Å². The van der Waals surface area contributed by atoms with E-state index in [0.29, 0.717) is 12.8 Å². The minimum atomic E-state index is 0. The summed E-state index contributed by atoms with van der Waals surface area (Å²) in [6.45, 7) is 0.749. The number of halogens is 2. The van der Waals surface area contributed by atoms with Gasteiger partial charge in [-0.3, -0.25) is 9.78 Å². The lowest BCUT2D eigenvalue weighted by molar-refractivity contribution is -0.118. The first kappa shape index (κ1) is 16.8. The van der Waals surface area contributed by atoms with Gasteiger partial charge in [-0.05, 0) is 18.7 Å². The second kappa shape index (κ2) is 9.90. The lowest BCUT2D eigenvalue weighted by atomic mass is 10.1. The molecule has 0 amide bonds. The van der Waals surface area contributed by atoms with Crippen LogP contribution in [0, 0.1) is 0 Å². The molecule has 0 fully saturated rings. The molecule has 0 spiro atoms. The summed E-state index contributed by atoms with van der Waals surface area (Å²) in [5, 5.41) is 2.95. The van der Waals surface area contributed by atoms with Gasteiger partial charge < -0.3 is 5.32 Å². The van der Waals surface area contributed by atoms with Gasteiger partial charge in [-0.15, -0.1) is 24.8 Å². The zero-order valence-electron chi connectivity index (χ0n) is 8.60. The Balaban J connectivity index is 0. The molecule has 1 rings (SSSR count). The second-order valence-corrected chi connectivity index (χ2v) is 2.93. The van der Waals surface area contributed by atoms with Crippen LogP contribution in [0.15, 0.2) is 24.5 Å². The summed E-state index contributed by atoms with van der Waals surface area (Å²) in [5.74, 6) is 0.252. The number of hydrogen-bond acceptors (Lipinski definition) is 3. The largest absolute Gasteiger partial charge is 0.319 e. The Bertz CT molecular complexity index is 267. The summed E-state index contributed by atoms with van der Waals surface area (Å²) in [5.41, 5.74) is 0.989. The lowest BCUT2D eigenvalue weighted by Gasteiger charge is -1.99. The van der Waals surface area contributed by atoms with Gasteiger partial charge in [-0.1, -0.05) is 6.07 Å². The van der Waals surface area contributed by atoms with E-state index >= 15 is 0 Å². The molecule has 5 heteroatoms. The van der Waals surface area contributed by atoms with E-state index in [4.69, 9.17) is 0 Å². The molecular weight excluding hydrogens is 235 g/mol. The van der Waals surface area contributed by atoms with Crippen LogP contribution < -0.4 is 5.32 Å². The van der Waals surface area contributed by atoms with Gasteiger partial charge >= 0.3 is 0 Å². The summed E-state index contributed by atoms with van der Waals surface area (Å²) < 4.78 is 0. The van der Waals surface area contributed by atoms with Gasteiger partial charge in [0, 0.05) is 31.8 Å². The van der Waals surface area contributed by atoms with Crippen LogP contribution in [0.25, 0.3) is 0 Å². The molecule has 0 aliphatic rings. The second-order valence-electron chi connectivity index (χ2n) is 2.93. The lowest BCUT2D eigenvalue weighted by Crippen LogP contribution is -2.14. The van der Waals surface area contributed by atoms with Crippen molar-refractivity contribution in [2.45, 2.75) is 12.8 Å². The van der Waals surface area contributed by atoms with Crippen LogP contribution in [0.3, 0.4) is 0 Å². The van der Waals surface area contributed by atoms with Gasteiger partial charge in [-0.2, -0.15) is 0 Å². The van der Waals surface area contributed by atoms with Crippen LogP contribution in [0.1, 0.15) is 12.0 Å². The number of ketones is 1. The monoisotopic (exact) mass is 250 g/mol. The van der Waals surface area contributed by atoms with Gasteiger partial charge in [0.1, 0.15) is 5.78 Å². The molecule has 86 valence electrons. The van der Waals surface area contributed by atoms with Crippen molar-refractivity contribution >= 4 is 30.6 Å². The van der Waals surface area contributed by atoms with E-state index in [1.165, 1.54) is 0 Å². The summed E-state index contributed by atoms with van der Waals surface area (Å²) in [6.07, 6.45) is 4.53. The highest BCUT2D eigenvalue weighted by atomic mass is 35.5. The molecule has 3 nitrogen and oxygen atoms in total. The van der Waals surface area contributed by atoms with Crippen molar-refractivity contribution in [3.63, 3.8) is 0 Å². The number of rotatable bonds is 5. The molecule has 0 saturated carbocycles. The van der Waals surface area contributed by atoms with E-state index in [0.717, 1.165) is 12.1 Å². The van der Waals surface area contributed by atoms with Crippen LogP contribution in [0.2, 0.25) is 0 Å². The first-order valence-electron chi connectivity index (χ1n) is 4.38. The minimum Gasteiger partial charge on any atom is -0.319 e. The molecule has 0 unspecified atom stereocenters. The van der Waals surface area contributed by atoms with Crippen molar-refractivity contribution in [3.8, 4) is 0 Å². The van der Waals surface area contributed by atoms with Crippen molar-refractivity contribution in [1.29, 1.82) is 0 Å². The molecule has 0 radical (unpaired) electrons. The normalized spacial score (nSPS) is 8.60. The predicted octanol–water partition coefficient (Wildman–Crippen LogP) is 1.65. The third-order valence-electron chi connectivity index (χ3n) is 1.78. The van der Waals surface area contributed by atoms with E-state index in [2.05, 4.69) is 10.3 Å². The fraction of sp³-hybridized carbons (Fsp3) is 0.400. The number of Topliss-reactive ketones (excluding diaryl/α,β-unsaturated/α-hetero) is 1. The SMILES string of the molecule is CNCCC(=O)Cc1cccnc1.Cl.Cl. The van der Waals surface area contributed by atoms with Crippen molar-refractivity contribution in [1.82, 2.24) is 10.3 Å².